The minimum absolute atomic E-state index is 0.255. The molecule has 5 heteroatoms. The van der Waals surface area contributed by atoms with Gasteiger partial charge < -0.3 is 14.8 Å². The van der Waals surface area contributed by atoms with E-state index in [4.69, 9.17) is 9.47 Å². The molecule has 0 atom stereocenters. The lowest BCUT2D eigenvalue weighted by molar-refractivity contribution is 0.0870. The lowest BCUT2D eigenvalue weighted by Gasteiger charge is -2.09. The van der Waals surface area contributed by atoms with E-state index in [1.807, 2.05) is 13.8 Å². The van der Waals surface area contributed by atoms with Gasteiger partial charge >= 0.3 is 0 Å². The summed E-state index contributed by atoms with van der Waals surface area (Å²) in [5.41, 5.74) is 0. The normalized spacial score (nSPS) is 10.6. The van der Waals surface area contributed by atoms with Gasteiger partial charge in [0.25, 0.3) is 0 Å². The molecule has 1 rings (SSSR count). The molecule has 0 aliphatic heterocycles. The fourth-order valence-electron chi connectivity index (χ4n) is 1.20. The standard InChI is InChI=1S/C12H21N3O2/c1-4-6-17-12-8-11(14-9-15-12)13-5-7-16-10(2)3/h8-10H,4-7H2,1-3H3,(H,13,14,15). The van der Waals surface area contributed by atoms with Crippen LogP contribution in [0.3, 0.4) is 0 Å². The van der Waals surface area contributed by atoms with Crippen molar-refractivity contribution in [2.75, 3.05) is 25.1 Å². The van der Waals surface area contributed by atoms with Crippen LogP contribution in [0.5, 0.6) is 5.88 Å². The first kappa shape index (κ1) is 13.7. The van der Waals surface area contributed by atoms with Crippen molar-refractivity contribution in [1.82, 2.24) is 9.97 Å². The number of nitrogens with zero attached hydrogens (tertiary/aromatic N) is 2. The van der Waals surface area contributed by atoms with Crippen molar-refractivity contribution in [3.05, 3.63) is 12.4 Å². The van der Waals surface area contributed by atoms with E-state index >= 15 is 0 Å². The Morgan fingerprint density at radius 3 is 2.82 bits per heavy atom. The Hall–Kier alpha value is -1.36. The molecule has 1 N–H and O–H groups in total. The molecule has 0 unspecified atom stereocenters. The molecular formula is C12H21N3O2. The highest BCUT2D eigenvalue weighted by Crippen LogP contribution is 2.10. The van der Waals surface area contributed by atoms with E-state index in [0.717, 1.165) is 18.8 Å². The van der Waals surface area contributed by atoms with Gasteiger partial charge in [0.2, 0.25) is 5.88 Å². The zero-order valence-corrected chi connectivity index (χ0v) is 10.8. The molecule has 0 aliphatic rings. The zero-order valence-electron chi connectivity index (χ0n) is 10.8. The largest absolute Gasteiger partial charge is 0.478 e. The Labute approximate surface area is 103 Å². The number of rotatable bonds is 8. The first-order valence-corrected chi connectivity index (χ1v) is 6.02. The highest BCUT2D eigenvalue weighted by Gasteiger charge is 1.99. The molecule has 0 saturated carbocycles. The van der Waals surface area contributed by atoms with Gasteiger partial charge in [-0.25, -0.2) is 9.97 Å². The van der Waals surface area contributed by atoms with Crippen LogP contribution in [0.1, 0.15) is 27.2 Å². The topological polar surface area (TPSA) is 56.3 Å². The third kappa shape index (κ3) is 6.06. The smallest absolute Gasteiger partial charge is 0.218 e. The highest BCUT2D eigenvalue weighted by molar-refractivity contribution is 5.36. The zero-order chi connectivity index (χ0) is 12.5. The van der Waals surface area contributed by atoms with E-state index < -0.39 is 0 Å². The van der Waals surface area contributed by atoms with Crippen molar-refractivity contribution in [2.45, 2.75) is 33.3 Å². The van der Waals surface area contributed by atoms with Crippen LogP contribution in [-0.4, -0.2) is 35.8 Å². The van der Waals surface area contributed by atoms with E-state index in [2.05, 4.69) is 22.2 Å². The Bertz CT molecular complexity index is 318. The summed E-state index contributed by atoms with van der Waals surface area (Å²) in [6.07, 6.45) is 2.72. The molecular weight excluding hydrogens is 218 g/mol. The van der Waals surface area contributed by atoms with Gasteiger partial charge in [0, 0.05) is 12.6 Å². The van der Waals surface area contributed by atoms with Crippen molar-refractivity contribution in [1.29, 1.82) is 0 Å². The van der Waals surface area contributed by atoms with Gasteiger partial charge in [0.1, 0.15) is 12.1 Å². The molecule has 0 saturated heterocycles. The number of aromatic nitrogens is 2. The maximum Gasteiger partial charge on any atom is 0.218 e. The van der Waals surface area contributed by atoms with Crippen LogP contribution in [0, 0.1) is 0 Å². The van der Waals surface area contributed by atoms with E-state index in [-0.39, 0.29) is 6.10 Å². The van der Waals surface area contributed by atoms with Gasteiger partial charge in [-0.2, -0.15) is 0 Å². The lowest BCUT2D eigenvalue weighted by atomic mass is 10.5. The molecule has 0 amide bonds. The van der Waals surface area contributed by atoms with E-state index in [1.54, 1.807) is 6.07 Å². The minimum atomic E-state index is 0.255. The second-order valence-corrected chi connectivity index (χ2v) is 3.94. The summed E-state index contributed by atoms with van der Waals surface area (Å²) >= 11 is 0. The van der Waals surface area contributed by atoms with Gasteiger partial charge in [0.15, 0.2) is 0 Å². The average molecular weight is 239 g/mol. The summed E-state index contributed by atoms with van der Waals surface area (Å²) in [5.74, 6) is 1.37. The van der Waals surface area contributed by atoms with Gasteiger partial charge in [-0.05, 0) is 20.3 Å². The number of ether oxygens (including phenoxy) is 2. The number of hydrogen-bond acceptors (Lipinski definition) is 5. The Morgan fingerprint density at radius 2 is 2.12 bits per heavy atom. The summed E-state index contributed by atoms with van der Waals surface area (Å²) < 4.78 is 10.8. The number of nitrogens with one attached hydrogen (secondary N) is 1. The lowest BCUT2D eigenvalue weighted by Crippen LogP contribution is -2.14. The predicted molar refractivity (Wildman–Crippen MR) is 67.4 cm³/mol. The fraction of sp³-hybridized carbons (Fsp3) is 0.667. The summed E-state index contributed by atoms with van der Waals surface area (Å²) in [6, 6.07) is 1.80. The molecule has 0 aromatic carbocycles. The number of hydrogen-bond donors (Lipinski definition) is 1. The second kappa shape index (κ2) is 7.84. The summed E-state index contributed by atoms with van der Waals surface area (Å²) in [7, 11) is 0. The first-order chi connectivity index (χ1) is 8.22. The Balaban J connectivity index is 2.32. The van der Waals surface area contributed by atoms with Crippen LogP contribution in [0.2, 0.25) is 0 Å². The fourth-order valence-corrected chi connectivity index (χ4v) is 1.20. The first-order valence-electron chi connectivity index (χ1n) is 6.02. The van der Waals surface area contributed by atoms with Gasteiger partial charge in [-0.3, -0.25) is 0 Å². The second-order valence-electron chi connectivity index (χ2n) is 3.94. The third-order valence-corrected chi connectivity index (χ3v) is 1.96. The molecule has 0 fully saturated rings. The van der Waals surface area contributed by atoms with Crippen LogP contribution in [-0.2, 0) is 4.74 Å². The molecule has 0 spiro atoms. The Morgan fingerprint density at radius 1 is 1.29 bits per heavy atom. The third-order valence-electron chi connectivity index (χ3n) is 1.96. The van der Waals surface area contributed by atoms with Gasteiger partial charge in [0.05, 0.1) is 19.3 Å². The van der Waals surface area contributed by atoms with Crippen molar-refractivity contribution < 1.29 is 9.47 Å². The maximum atomic E-state index is 5.42. The average Bonchev–Trinajstić information content (AvgIpc) is 2.32. The Kier molecular flexibility index (Phi) is 6.32. The highest BCUT2D eigenvalue weighted by atomic mass is 16.5. The quantitative estimate of drug-likeness (QED) is 0.704. The molecule has 17 heavy (non-hydrogen) atoms. The van der Waals surface area contributed by atoms with Crippen LogP contribution in [0.15, 0.2) is 12.4 Å². The molecule has 0 bridgehead atoms. The molecule has 5 nitrogen and oxygen atoms in total. The molecule has 1 aromatic rings. The summed E-state index contributed by atoms with van der Waals surface area (Å²) in [6.45, 7) is 8.15. The van der Waals surface area contributed by atoms with Crippen molar-refractivity contribution in [3.8, 4) is 5.88 Å². The molecule has 96 valence electrons. The van der Waals surface area contributed by atoms with Crippen LogP contribution >= 0.6 is 0 Å². The van der Waals surface area contributed by atoms with Crippen LogP contribution in [0.4, 0.5) is 5.82 Å². The maximum absolute atomic E-state index is 5.42. The summed E-state index contributed by atoms with van der Waals surface area (Å²) in [4.78, 5) is 8.14. The van der Waals surface area contributed by atoms with Gasteiger partial charge in [-0.15, -0.1) is 0 Å². The monoisotopic (exact) mass is 239 g/mol. The SMILES string of the molecule is CCCOc1cc(NCCOC(C)C)ncn1. The van der Waals surface area contributed by atoms with Crippen LogP contribution < -0.4 is 10.1 Å². The molecule has 0 aliphatic carbocycles. The summed E-state index contributed by atoms with van der Waals surface area (Å²) in [5, 5.41) is 3.16. The van der Waals surface area contributed by atoms with Crippen molar-refractivity contribution in [2.24, 2.45) is 0 Å². The van der Waals surface area contributed by atoms with E-state index in [9.17, 15) is 0 Å². The van der Waals surface area contributed by atoms with E-state index in [1.165, 1.54) is 6.33 Å². The van der Waals surface area contributed by atoms with Crippen LogP contribution in [0.25, 0.3) is 0 Å². The molecule has 0 radical (unpaired) electrons. The van der Waals surface area contributed by atoms with Crippen molar-refractivity contribution >= 4 is 5.82 Å². The minimum Gasteiger partial charge on any atom is -0.478 e. The number of anilines is 1. The molecule has 1 heterocycles. The predicted octanol–water partition coefficient (Wildman–Crippen LogP) is 2.10. The molecule has 1 aromatic heterocycles. The van der Waals surface area contributed by atoms with Crippen molar-refractivity contribution in [3.63, 3.8) is 0 Å². The van der Waals surface area contributed by atoms with Gasteiger partial charge in [-0.1, -0.05) is 6.92 Å². The van der Waals surface area contributed by atoms with E-state index in [0.29, 0.717) is 19.1 Å².